The molecule has 0 saturated carbocycles. The summed E-state index contributed by atoms with van der Waals surface area (Å²) in [6.07, 6.45) is 0. The summed E-state index contributed by atoms with van der Waals surface area (Å²) >= 11 is 0. The van der Waals surface area contributed by atoms with E-state index in [9.17, 15) is 13.6 Å². The molecule has 0 radical (unpaired) electrons. The lowest BCUT2D eigenvalue weighted by molar-refractivity contribution is 0.103. The Labute approximate surface area is 110 Å². The number of ketones is 1. The Kier molecular flexibility index (Phi) is 3.60. The molecule has 0 amide bonds. The topological polar surface area (TPSA) is 20.3 Å². The van der Waals surface area contributed by atoms with Crippen molar-refractivity contribution in [3.8, 4) is 0 Å². The number of anilines is 1. The zero-order chi connectivity index (χ0) is 14.0. The van der Waals surface area contributed by atoms with E-state index >= 15 is 0 Å². The third-order valence-electron chi connectivity index (χ3n) is 2.82. The lowest BCUT2D eigenvalue weighted by atomic mass is 10.0. The lowest BCUT2D eigenvalue weighted by Gasteiger charge is -2.13. The van der Waals surface area contributed by atoms with Gasteiger partial charge in [0.2, 0.25) is 0 Å². The average molecular weight is 261 g/mol. The molecule has 0 aliphatic rings. The van der Waals surface area contributed by atoms with Crippen molar-refractivity contribution in [2.45, 2.75) is 0 Å². The van der Waals surface area contributed by atoms with Crippen LogP contribution in [0, 0.1) is 11.6 Å². The smallest absolute Gasteiger partial charge is 0.196 e. The van der Waals surface area contributed by atoms with Crippen LogP contribution in [-0.2, 0) is 0 Å². The van der Waals surface area contributed by atoms with Crippen LogP contribution in [0.3, 0.4) is 0 Å². The van der Waals surface area contributed by atoms with Gasteiger partial charge in [-0.05, 0) is 24.3 Å². The third kappa shape index (κ3) is 2.62. The van der Waals surface area contributed by atoms with E-state index in [4.69, 9.17) is 0 Å². The maximum atomic E-state index is 13.6. The van der Waals surface area contributed by atoms with Gasteiger partial charge >= 0.3 is 0 Å². The van der Waals surface area contributed by atoms with Gasteiger partial charge in [-0.15, -0.1) is 0 Å². The highest BCUT2D eigenvalue weighted by atomic mass is 19.2. The predicted octanol–water partition coefficient (Wildman–Crippen LogP) is 3.26. The minimum atomic E-state index is -1.11. The Balaban J connectivity index is 2.44. The molecular formula is C15H13F2NO. The summed E-state index contributed by atoms with van der Waals surface area (Å²) in [6.45, 7) is 0. The van der Waals surface area contributed by atoms with Gasteiger partial charge in [0.15, 0.2) is 17.4 Å². The molecule has 0 unspecified atom stereocenters. The first-order valence-corrected chi connectivity index (χ1v) is 5.77. The van der Waals surface area contributed by atoms with E-state index in [2.05, 4.69) is 0 Å². The van der Waals surface area contributed by atoms with Gasteiger partial charge in [-0.3, -0.25) is 4.79 Å². The van der Waals surface area contributed by atoms with Gasteiger partial charge in [-0.1, -0.05) is 18.2 Å². The van der Waals surface area contributed by atoms with Crippen molar-refractivity contribution in [1.29, 1.82) is 0 Å². The molecule has 0 aromatic heterocycles. The van der Waals surface area contributed by atoms with E-state index in [1.165, 1.54) is 12.1 Å². The van der Waals surface area contributed by atoms with Crippen LogP contribution < -0.4 is 4.90 Å². The van der Waals surface area contributed by atoms with Gasteiger partial charge in [0.25, 0.3) is 0 Å². The van der Waals surface area contributed by atoms with Crippen molar-refractivity contribution in [3.63, 3.8) is 0 Å². The molecule has 0 aliphatic heterocycles. The molecule has 19 heavy (non-hydrogen) atoms. The predicted molar refractivity (Wildman–Crippen MR) is 70.6 cm³/mol. The van der Waals surface area contributed by atoms with Crippen LogP contribution in [0.1, 0.15) is 15.9 Å². The van der Waals surface area contributed by atoms with Crippen LogP contribution in [0.15, 0.2) is 42.5 Å². The Morgan fingerprint density at radius 2 is 1.74 bits per heavy atom. The molecule has 0 heterocycles. The van der Waals surface area contributed by atoms with Crippen LogP contribution in [0.25, 0.3) is 0 Å². The minimum absolute atomic E-state index is 0.254. The zero-order valence-electron chi connectivity index (χ0n) is 10.7. The van der Waals surface area contributed by atoms with E-state index in [0.717, 1.165) is 11.8 Å². The summed E-state index contributed by atoms with van der Waals surface area (Å²) in [6, 6.07) is 10.4. The molecule has 0 spiro atoms. The van der Waals surface area contributed by atoms with Gasteiger partial charge < -0.3 is 4.90 Å². The monoisotopic (exact) mass is 261 g/mol. The highest BCUT2D eigenvalue weighted by Crippen LogP contribution is 2.19. The number of nitrogens with zero attached hydrogens (tertiary/aromatic N) is 1. The molecule has 98 valence electrons. The average Bonchev–Trinajstić information content (AvgIpc) is 2.41. The first kappa shape index (κ1) is 13.2. The fourth-order valence-electron chi connectivity index (χ4n) is 1.76. The molecule has 0 fully saturated rings. The Morgan fingerprint density at radius 3 is 2.42 bits per heavy atom. The summed E-state index contributed by atoms with van der Waals surface area (Å²) < 4.78 is 26.7. The first-order valence-electron chi connectivity index (χ1n) is 5.77. The van der Waals surface area contributed by atoms with Crippen LogP contribution in [0.4, 0.5) is 14.5 Å². The molecule has 0 bridgehead atoms. The summed E-state index contributed by atoms with van der Waals surface area (Å²) in [4.78, 5) is 14.0. The summed E-state index contributed by atoms with van der Waals surface area (Å²) in [5, 5.41) is 0. The second-order valence-corrected chi connectivity index (χ2v) is 4.38. The molecule has 2 aromatic carbocycles. The third-order valence-corrected chi connectivity index (χ3v) is 2.82. The largest absolute Gasteiger partial charge is 0.378 e. The SMILES string of the molecule is CN(C)c1cccc(C(=O)c2cccc(F)c2F)c1. The van der Waals surface area contributed by atoms with Crippen molar-refractivity contribution >= 4 is 11.5 Å². The van der Waals surface area contributed by atoms with Crippen molar-refractivity contribution < 1.29 is 13.6 Å². The lowest BCUT2D eigenvalue weighted by Crippen LogP contribution is -2.11. The van der Waals surface area contributed by atoms with Gasteiger partial charge in [0, 0.05) is 25.3 Å². The van der Waals surface area contributed by atoms with Crippen molar-refractivity contribution in [2.24, 2.45) is 0 Å². The molecular weight excluding hydrogens is 248 g/mol. The normalized spacial score (nSPS) is 10.3. The number of carbonyl (C=O) groups excluding carboxylic acids is 1. The van der Waals surface area contributed by atoms with Gasteiger partial charge in [-0.25, -0.2) is 8.78 Å². The van der Waals surface area contributed by atoms with Gasteiger partial charge in [0.05, 0.1) is 5.56 Å². The van der Waals surface area contributed by atoms with Crippen LogP contribution >= 0.6 is 0 Å². The Morgan fingerprint density at radius 1 is 1.05 bits per heavy atom. The number of halogens is 2. The second-order valence-electron chi connectivity index (χ2n) is 4.38. The molecule has 0 saturated heterocycles. The summed E-state index contributed by atoms with van der Waals surface area (Å²) in [5.41, 5.74) is 0.897. The molecule has 2 aromatic rings. The maximum absolute atomic E-state index is 13.6. The first-order chi connectivity index (χ1) is 9.00. The van der Waals surface area contributed by atoms with Crippen molar-refractivity contribution in [2.75, 3.05) is 19.0 Å². The van der Waals surface area contributed by atoms with E-state index in [-0.39, 0.29) is 5.56 Å². The number of hydrogen-bond acceptors (Lipinski definition) is 2. The number of hydrogen-bond donors (Lipinski definition) is 0. The number of benzene rings is 2. The van der Waals surface area contributed by atoms with Crippen molar-refractivity contribution in [3.05, 3.63) is 65.2 Å². The molecule has 2 nitrogen and oxygen atoms in total. The van der Waals surface area contributed by atoms with Gasteiger partial charge in [-0.2, -0.15) is 0 Å². The summed E-state index contributed by atoms with van der Waals surface area (Å²) in [5.74, 6) is -2.65. The second kappa shape index (κ2) is 5.18. The maximum Gasteiger partial charge on any atom is 0.196 e. The van der Waals surface area contributed by atoms with E-state index in [1.807, 2.05) is 25.1 Å². The van der Waals surface area contributed by atoms with Crippen LogP contribution in [-0.4, -0.2) is 19.9 Å². The highest BCUT2D eigenvalue weighted by molar-refractivity contribution is 6.09. The standard InChI is InChI=1S/C15H13F2NO/c1-18(2)11-6-3-5-10(9-11)15(19)12-7-4-8-13(16)14(12)17/h3-9H,1-2H3. The van der Waals surface area contributed by atoms with E-state index in [0.29, 0.717) is 5.56 Å². The highest BCUT2D eigenvalue weighted by Gasteiger charge is 2.17. The zero-order valence-corrected chi connectivity index (χ0v) is 10.7. The summed E-state index contributed by atoms with van der Waals surface area (Å²) in [7, 11) is 3.68. The van der Waals surface area contributed by atoms with E-state index in [1.54, 1.807) is 18.2 Å². The molecule has 0 atom stereocenters. The Hall–Kier alpha value is -2.23. The van der Waals surface area contributed by atoms with Crippen molar-refractivity contribution in [1.82, 2.24) is 0 Å². The molecule has 0 aliphatic carbocycles. The molecule has 0 N–H and O–H groups in total. The number of carbonyl (C=O) groups is 1. The van der Waals surface area contributed by atoms with Gasteiger partial charge in [0.1, 0.15) is 0 Å². The molecule has 2 rings (SSSR count). The Bertz CT molecular complexity index is 623. The van der Waals surface area contributed by atoms with Crippen LogP contribution in [0.2, 0.25) is 0 Å². The fourth-order valence-corrected chi connectivity index (χ4v) is 1.76. The quantitative estimate of drug-likeness (QED) is 0.790. The molecule has 4 heteroatoms. The van der Waals surface area contributed by atoms with E-state index < -0.39 is 17.4 Å². The number of rotatable bonds is 3. The fraction of sp³-hybridized carbons (Fsp3) is 0.133. The van der Waals surface area contributed by atoms with Crippen LogP contribution in [0.5, 0.6) is 0 Å². The minimum Gasteiger partial charge on any atom is -0.378 e.